The predicted octanol–water partition coefficient (Wildman–Crippen LogP) is 9.74. The molecule has 37 heavy (non-hydrogen) atoms. The number of carboxylic acid groups (broad SMARTS) is 1. The Bertz CT molecular complexity index is 505. The van der Waals surface area contributed by atoms with Crippen LogP contribution in [0.4, 0.5) is 0 Å². The Kier molecular flexibility index (Phi) is 29.7. The molecule has 0 spiro atoms. The molecule has 0 atom stereocenters. The van der Waals surface area contributed by atoms with E-state index in [4.69, 9.17) is 9.84 Å². The van der Waals surface area contributed by atoms with Gasteiger partial charge in [0.05, 0.1) is 6.61 Å². The van der Waals surface area contributed by atoms with Gasteiger partial charge >= 0.3 is 11.9 Å². The Morgan fingerprint density at radius 3 is 1.16 bits per heavy atom. The molecule has 5 heteroatoms. The first-order chi connectivity index (χ1) is 18.2. The molecule has 5 nitrogen and oxygen atoms in total. The van der Waals surface area contributed by atoms with Crippen molar-refractivity contribution in [3.63, 3.8) is 0 Å². The van der Waals surface area contributed by atoms with Crippen molar-refractivity contribution >= 4 is 18.2 Å². The monoisotopic (exact) mass is 524 g/mol. The van der Waals surface area contributed by atoms with Crippen LogP contribution in [0.5, 0.6) is 0 Å². The van der Waals surface area contributed by atoms with E-state index in [2.05, 4.69) is 0 Å². The van der Waals surface area contributed by atoms with Crippen LogP contribution in [0.1, 0.15) is 180 Å². The van der Waals surface area contributed by atoms with Crippen LogP contribution < -0.4 is 0 Å². The highest BCUT2D eigenvalue weighted by atomic mass is 16.5. The maximum atomic E-state index is 11.9. The highest BCUT2D eigenvalue weighted by Crippen LogP contribution is 2.14. The lowest BCUT2D eigenvalue weighted by molar-refractivity contribution is -0.144. The molecule has 0 aliphatic rings. The minimum absolute atomic E-state index is 0.0185. The lowest BCUT2D eigenvalue weighted by atomic mass is 10.0. The molecule has 0 unspecified atom stereocenters. The second-order valence-electron chi connectivity index (χ2n) is 10.9. The molecule has 0 heterocycles. The summed E-state index contributed by atoms with van der Waals surface area (Å²) in [5, 5.41) is 8.61. The number of carboxylic acids is 1. The van der Waals surface area contributed by atoms with E-state index in [1.165, 1.54) is 116 Å². The number of rotatable bonds is 31. The van der Waals surface area contributed by atoms with E-state index < -0.39 is 5.97 Å². The molecular weight excluding hydrogens is 464 g/mol. The largest absolute Gasteiger partial charge is 0.481 e. The van der Waals surface area contributed by atoms with Crippen molar-refractivity contribution in [1.82, 2.24) is 0 Å². The van der Waals surface area contributed by atoms with Crippen molar-refractivity contribution in [2.45, 2.75) is 180 Å². The second-order valence-corrected chi connectivity index (χ2v) is 10.9. The van der Waals surface area contributed by atoms with Gasteiger partial charge in [-0.2, -0.15) is 0 Å². The molecule has 0 bridgehead atoms. The number of carbonyl (C=O) groups excluding carboxylic acids is 2. The molecule has 0 radical (unpaired) electrons. The van der Waals surface area contributed by atoms with Gasteiger partial charge in [-0.05, 0) is 25.7 Å². The highest BCUT2D eigenvalue weighted by molar-refractivity contribution is 5.69. The number of aliphatic carboxylic acids is 1. The molecular formula is C32H60O5. The molecule has 0 aliphatic heterocycles. The lowest BCUT2D eigenvalue weighted by Crippen LogP contribution is -2.05. The third-order valence-corrected chi connectivity index (χ3v) is 7.25. The number of hydrogen-bond acceptors (Lipinski definition) is 4. The summed E-state index contributed by atoms with van der Waals surface area (Å²) in [5.41, 5.74) is 0. The topological polar surface area (TPSA) is 80.7 Å². The van der Waals surface area contributed by atoms with Crippen molar-refractivity contribution in [2.24, 2.45) is 0 Å². The van der Waals surface area contributed by atoms with E-state index in [0.717, 1.165) is 57.7 Å². The summed E-state index contributed by atoms with van der Waals surface area (Å²) in [4.78, 5) is 32.6. The third kappa shape index (κ3) is 32.6. The van der Waals surface area contributed by atoms with E-state index in [0.29, 0.717) is 19.4 Å². The Morgan fingerprint density at radius 1 is 0.459 bits per heavy atom. The van der Waals surface area contributed by atoms with Gasteiger partial charge in [0.25, 0.3) is 0 Å². The van der Waals surface area contributed by atoms with Gasteiger partial charge in [0.1, 0.15) is 6.29 Å². The summed E-state index contributed by atoms with van der Waals surface area (Å²) in [5.74, 6) is -0.693. The van der Waals surface area contributed by atoms with E-state index >= 15 is 0 Å². The maximum Gasteiger partial charge on any atom is 0.305 e. The highest BCUT2D eigenvalue weighted by Gasteiger charge is 2.03. The van der Waals surface area contributed by atoms with Gasteiger partial charge in [0.15, 0.2) is 0 Å². The van der Waals surface area contributed by atoms with Crippen LogP contribution in [0.2, 0.25) is 0 Å². The first-order valence-electron chi connectivity index (χ1n) is 16.0. The van der Waals surface area contributed by atoms with E-state index in [9.17, 15) is 14.4 Å². The molecule has 1 N–H and O–H groups in total. The zero-order valence-corrected chi connectivity index (χ0v) is 24.2. The molecule has 0 aliphatic carbocycles. The van der Waals surface area contributed by atoms with Crippen LogP contribution in [-0.2, 0) is 19.1 Å². The number of carbonyl (C=O) groups is 3. The molecule has 0 fully saturated rings. The van der Waals surface area contributed by atoms with Gasteiger partial charge in [0, 0.05) is 19.3 Å². The summed E-state index contributed by atoms with van der Waals surface area (Å²) in [7, 11) is 0. The van der Waals surface area contributed by atoms with Crippen LogP contribution in [0.3, 0.4) is 0 Å². The van der Waals surface area contributed by atoms with Gasteiger partial charge in [0.2, 0.25) is 0 Å². The molecule has 0 aromatic carbocycles. The van der Waals surface area contributed by atoms with Gasteiger partial charge in [-0.15, -0.1) is 0 Å². The number of hydrogen-bond donors (Lipinski definition) is 1. The second kappa shape index (κ2) is 30.8. The fourth-order valence-electron chi connectivity index (χ4n) is 4.85. The van der Waals surface area contributed by atoms with E-state index in [1.54, 1.807) is 0 Å². The summed E-state index contributed by atoms with van der Waals surface area (Å²) in [6, 6.07) is 0. The zero-order chi connectivity index (χ0) is 27.1. The Balaban J connectivity index is 3.16. The maximum absolute atomic E-state index is 11.9. The molecule has 0 aromatic rings. The third-order valence-electron chi connectivity index (χ3n) is 7.25. The minimum Gasteiger partial charge on any atom is -0.481 e. The fourth-order valence-corrected chi connectivity index (χ4v) is 4.85. The van der Waals surface area contributed by atoms with Crippen molar-refractivity contribution in [3.05, 3.63) is 0 Å². The first-order valence-corrected chi connectivity index (χ1v) is 16.0. The zero-order valence-electron chi connectivity index (χ0n) is 24.2. The fraction of sp³-hybridized carbons (Fsp3) is 0.906. The smallest absolute Gasteiger partial charge is 0.305 e. The summed E-state index contributed by atoms with van der Waals surface area (Å²) < 4.78 is 5.39. The van der Waals surface area contributed by atoms with E-state index in [1.807, 2.05) is 0 Å². The van der Waals surface area contributed by atoms with Gasteiger partial charge < -0.3 is 14.6 Å². The molecule has 218 valence electrons. The molecule has 0 saturated carbocycles. The lowest BCUT2D eigenvalue weighted by Gasteiger charge is -2.06. The number of aldehydes is 1. The van der Waals surface area contributed by atoms with Crippen molar-refractivity contribution in [1.29, 1.82) is 0 Å². The van der Waals surface area contributed by atoms with Crippen LogP contribution in [0.15, 0.2) is 0 Å². The number of ether oxygens (including phenoxy) is 1. The number of esters is 1. The summed E-state index contributed by atoms with van der Waals surface area (Å²) in [6.45, 7) is 0.586. The first kappa shape index (κ1) is 35.6. The van der Waals surface area contributed by atoms with Crippen molar-refractivity contribution < 1.29 is 24.2 Å². The van der Waals surface area contributed by atoms with Crippen LogP contribution in [0.25, 0.3) is 0 Å². The molecule has 0 rings (SSSR count). The average molecular weight is 525 g/mol. The van der Waals surface area contributed by atoms with Crippen molar-refractivity contribution in [3.8, 4) is 0 Å². The normalized spacial score (nSPS) is 11.0. The Hall–Kier alpha value is -1.39. The standard InChI is InChI=1S/C32H60O5/c33-29-25-21-17-13-9-5-1-4-8-12-16-20-24-28-32(36)37-30-26-22-18-14-10-6-2-3-7-11-15-19-23-27-31(34)35/h29H,1-28,30H2,(H,34,35). The SMILES string of the molecule is O=CCCCCCCCCCCCCCCC(=O)OCCCCCCCCCCCCCCCC(=O)O. The molecule has 0 amide bonds. The molecule has 0 saturated heterocycles. The van der Waals surface area contributed by atoms with Crippen LogP contribution in [-0.4, -0.2) is 29.9 Å². The number of unbranched alkanes of at least 4 members (excludes halogenated alkanes) is 24. The van der Waals surface area contributed by atoms with E-state index in [-0.39, 0.29) is 5.97 Å². The predicted molar refractivity (Wildman–Crippen MR) is 154 cm³/mol. The summed E-state index contributed by atoms with van der Waals surface area (Å²) in [6.07, 6.45) is 32.9. The van der Waals surface area contributed by atoms with Crippen LogP contribution in [0, 0.1) is 0 Å². The summed E-state index contributed by atoms with van der Waals surface area (Å²) >= 11 is 0. The Labute approximate surface area is 228 Å². The van der Waals surface area contributed by atoms with Gasteiger partial charge in [-0.25, -0.2) is 0 Å². The van der Waals surface area contributed by atoms with Crippen LogP contribution >= 0.6 is 0 Å². The van der Waals surface area contributed by atoms with Gasteiger partial charge in [-0.1, -0.05) is 135 Å². The van der Waals surface area contributed by atoms with Gasteiger partial charge in [-0.3, -0.25) is 9.59 Å². The quantitative estimate of drug-likeness (QED) is 0.0554. The molecule has 0 aromatic heterocycles. The Morgan fingerprint density at radius 2 is 0.784 bits per heavy atom. The average Bonchev–Trinajstić information content (AvgIpc) is 2.88. The minimum atomic E-state index is -0.675. The van der Waals surface area contributed by atoms with Crippen molar-refractivity contribution in [2.75, 3.05) is 6.61 Å².